The third-order valence-corrected chi connectivity index (χ3v) is 4.30. The van der Waals surface area contributed by atoms with Crippen molar-refractivity contribution in [3.63, 3.8) is 0 Å². The van der Waals surface area contributed by atoms with Crippen LogP contribution in [0.4, 0.5) is 18.9 Å². The van der Waals surface area contributed by atoms with Crippen LogP contribution < -0.4 is 10.9 Å². The standard InChI is InChI=1S/C20H13F3N4O3/c1-11-2-5-13(6-3-11)27-10-24-18(26-27)19(29)25-12-4-7-14-15(20(21,22)23)9-17(28)30-16(14)8-12/h2-10H,1H3,(H,25,29). The predicted octanol–water partition coefficient (Wildman–Crippen LogP) is 3.95. The van der Waals surface area contributed by atoms with Crippen molar-refractivity contribution < 1.29 is 22.4 Å². The monoisotopic (exact) mass is 414 g/mol. The van der Waals surface area contributed by atoms with Crippen molar-refractivity contribution in [2.45, 2.75) is 13.1 Å². The van der Waals surface area contributed by atoms with Gasteiger partial charge in [0.25, 0.3) is 5.91 Å². The van der Waals surface area contributed by atoms with E-state index in [1.165, 1.54) is 17.1 Å². The van der Waals surface area contributed by atoms with Gasteiger partial charge >= 0.3 is 11.8 Å². The summed E-state index contributed by atoms with van der Waals surface area (Å²) in [4.78, 5) is 27.9. The molecule has 152 valence electrons. The van der Waals surface area contributed by atoms with Crippen LogP contribution in [0.25, 0.3) is 16.7 Å². The Bertz CT molecular complexity index is 1310. The second-order valence-corrected chi connectivity index (χ2v) is 6.49. The van der Waals surface area contributed by atoms with E-state index in [0.717, 1.165) is 17.7 Å². The number of rotatable bonds is 3. The molecule has 7 nitrogen and oxygen atoms in total. The van der Waals surface area contributed by atoms with Gasteiger partial charge in [0.2, 0.25) is 5.82 Å². The molecule has 0 aliphatic heterocycles. The molecule has 0 saturated heterocycles. The maximum atomic E-state index is 13.1. The number of halogens is 3. The Balaban J connectivity index is 1.61. The van der Waals surface area contributed by atoms with E-state index < -0.39 is 23.3 Å². The minimum Gasteiger partial charge on any atom is -0.423 e. The van der Waals surface area contributed by atoms with Crippen molar-refractivity contribution >= 4 is 22.6 Å². The summed E-state index contributed by atoms with van der Waals surface area (Å²) >= 11 is 0. The molecule has 0 spiro atoms. The molecule has 1 N–H and O–H groups in total. The summed E-state index contributed by atoms with van der Waals surface area (Å²) in [5.41, 5.74) is -0.651. The number of nitrogens with zero attached hydrogens (tertiary/aromatic N) is 3. The molecule has 2 aromatic heterocycles. The minimum absolute atomic E-state index is 0.127. The highest BCUT2D eigenvalue weighted by atomic mass is 19.4. The summed E-state index contributed by atoms with van der Waals surface area (Å²) in [5.74, 6) is -0.810. The third kappa shape index (κ3) is 3.79. The molecule has 2 heterocycles. The Morgan fingerprint density at radius 1 is 1.10 bits per heavy atom. The van der Waals surface area contributed by atoms with Gasteiger partial charge in [-0.05, 0) is 31.2 Å². The van der Waals surface area contributed by atoms with Gasteiger partial charge in [-0.25, -0.2) is 14.5 Å². The first-order chi connectivity index (χ1) is 14.2. The normalized spacial score (nSPS) is 11.6. The molecule has 4 rings (SSSR count). The molecule has 0 aliphatic carbocycles. The summed E-state index contributed by atoms with van der Waals surface area (Å²) < 4.78 is 45.6. The number of benzene rings is 2. The lowest BCUT2D eigenvalue weighted by atomic mass is 10.1. The van der Waals surface area contributed by atoms with Crippen LogP contribution in [0.1, 0.15) is 21.7 Å². The zero-order chi connectivity index (χ0) is 21.5. The number of carbonyl (C=O) groups excluding carboxylic acids is 1. The molecule has 1 amide bonds. The van der Waals surface area contributed by atoms with Gasteiger partial charge in [0.1, 0.15) is 11.9 Å². The van der Waals surface area contributed by atoms with Crippen LogP contribution in [-0.2, 0) is 6.18 Å². The average Bonchev–Trinajstić information content (AvgIpc) is 3.17. The van der Waals surface area contributed by atoms with Gasteiger partial charge in [-0.1, -0.05) is 17.7 Å². The Kier molecular flexibility index (Phi) is 4.61. The van der Waals surface area contributed by atoms with E-state index in [1.54, 1.807) is 0 Å². The first kappa shape index (κ1) is 19.4. The molecule has 0 aliphatic rings. The molecular weight excluding hydrogens is 401 g/mol. The van der Waals surface area contributed by atoms with Crippen LogP contribution in [0.2, 0.25) is 0 Å². The zero-order valence-corrected chi connectivity index (χ0v) is 15.4. The summed E-state index contributed by atoms with van der Waals surface area (Å²) in [7, 11) is 0. The third-order valence-electron chi connectivity index (χ3n) is 4.30. The number of nitrogens with one attached hydrogen (secondary N) is 1. The van der Waals surface area contributed by atoms with E-state index in [4.69, 9.17) is 4.42 Å². The van der Waals surface area contributed by atoms with Gasteiger partial charge in [0.05, 0.1) is 11.3 Å². The first-order valence-electron chi connectivity index (χ1n) is 8.66. The Morgan fingerprint density at radius 2 is 1.83 bits per heavy atom. The van der Waals surface area contributed by atoms with Crippen molar-refractivity contribution in [3.05, 3.63) is 82.2 Å². The highest BCUT2D eigenvalue weighted by Crippen LogP contribution is 2.34. The van der Waals surface area contributed by atoms with Crippen molar-refractivity contribution in [2.24, 2.45) is 0 Å². The molecule has 0 bridgehead atoms. The van der Waals surface area contributed by atoms with Gasteiger partial charge in [0, 0.05) is 23.2 Å². The van der Waals surface area contributed by atoms with E-state index in [-0.39, 0.29) is 22.5 Å². The average molecular weight is 414 g/mol. The van der Waals surface area contributed by atoms with Crippen molar-refractivity contribution in [3.8, 4) is 5.69 Å². The van der Waals surface area contributed by atoms with Crippen LogP contribution in [0.3, 0.4) is 0 Å². The second-order valence-electron chi connectivity index (χ2n) is 6.49. The fourth-order valence-electron chi connectivity index (χ4n) is 2.85. The Morgan fingerprint density at radius 3 is 2.53 bits per heavy atom. The maximum Gasteiger partial charge on any atom is 0.417 e. The quantitative estimate of drug-likeness (QED) is 0.513. The van der Waals surface area contributed by atoms with E-state index >= 15 is 0 Å². The van der Waals surface area contributed by atoms with Gasteiger partial charge in [0.15, 0.2) is 0 Å². The van der Waals surface area contributed by atoms with E-state index in [0.29, 0.717) is 11.8 Å². The molecule has 0 unspecified atom stereocenters. The SMILES string of the molecule is Cc1ccc(-n2cnc(C(=O)Nc3ccc4c(C(F)(F)F)cc(=O)oc4c3)n2)cc1. The van der Waals surface area contributed by atoms with E-state index in [1.807, 2.05) is 31.2 Å². The molecule has 0 fully saturated rings. The lowest BCUT2D eigenvalue weighted by Gasteiger charge is -2.10. The van der Waals surface area contributed by atoms with Crippen molar-refractivity contribution in [1.82, 2.24) is 14.8 Å². The Hall–Kier alpha value is -3.95. The number of alkyl halides is 3. The van der Waals surface area contributed by atoms with Crippen LogP contribution >= 0.6 is 0 Å². The Labute approximate surface area is 166 Å². The fourth-order valence-corrected chi connectivity index (χ4v) is 2.85. The van der Waals surface area contributed by atoms with Crippen molar-refractivity contribution in [2.75, 3.05) is 5.32 Å². The van der Waals surface area contributed by atoms with Gasteiger partial charge in [-0.15, -0.1) is 5.10 Å². The van der Waals surface area contributed by atoms with Gasteiger partial charge in [-0.2, -0.15) is 13.2 Å². The molecule has 2 aromatic carbocycles. The molecular formula is C20H13F3N4O3. The molecule has 0 atom stereocenters. The number of fused-ring (bicyclic) bond motifs is 1. The molecule has 0 radical (unpaired) electrons. The number of hydrogen-bond acceptors (Lipinski definition) is 5. The second kappa shape index (κ2) is 7.14. The largest absolute Gasteiger partial charge is 0.423 e. The highest BCUT2D eigenvalue weighted by molar-refractivity contribution is 6.02. The predicted molar refractivity (Wildman–Crippen MR) is 102 cm³/mol. The summed E-state index contributed by atoms with van der Waals surface area (Å²) in [6.07, 6.45) is -3.35. The van der Waals surface area contributed by atoms with Crippen molar-refractivity contribution in [1.29, 1.82) is 0 Å². The number of aromatic nitrogens is 3. The highest BCUT2D eigenvalue weighted by Gasteiger charge is 2.33. The van der Waals surface area contributed by atoms with Crippen LogP contribution in [-0.4, -0.2) is 20.7 Å². The molecule has 10 heteroatoms. The number of anilines is 1. The summed E-state index contributed by atoms with van der Waals surface area (Å²) in [5, 5.41) is 6.29. The van der Waals surface area contributed by atoms with E-state index in [2.05, 4.69) is 15.4 Å². The first-order valence-corrected chi connectivity index (χ1v) is 8.66. The molecule has 0 saturated carbocycles. The van der Waals surface area contributed by atoms with Gasteiger partial charge in [-0.3, -0.25) is 4.79 Å². The van der Waals surface area contributed by atoms with E-state index in [9.17, 15) is 22.8 Å². The van der Waals surface area contributed by atoms with Crippen LogP contribution in [0.15, 0.2) is 64.1 Å². The number of aryl methyl sites for hydroxylation is 1. The maximum absolute atomic E-state index is 13.1. The van der Waals surface area contributed by atoms with Crippen LogP contribution in [0, 0.1) is 6.92 Å². The number of amides is 1. The summed E-state index contributed by atoms with van der Waals surface area (Å²) in [6.45, 7) is 1.94. The van der Waals surface area contributed by atoms with Crippen LogP contribution in [0.5, 0.6) is 0 Å². The fraction of sp³-hybridized carbons (Fsp3) is 0.100. The topological polar surface area (TPSA) is 90.0 Å². The number of hydrogen-bond donors (Lipinski definition) is 1. The number of carbonyl (C=O) groups is 1. The summed E-state index contributed by atoms with van der Waals surface area (Å²) in [6, 6.07) is 11.3. The minimum atomic E-state index is -4.72. The lowest BCUT2D eigenvalue weighted by Crippen LogP contribution is -2.15. The smallest absolute Gasteiger partial charge is 0.417 e. The zero-order valence-electron chi connectivity index (χ0n) is 15.4. The lowest BCUT2D eigenvalue weighted by molar-refractivity contribution is -0.136. The molecule has 30 heavy (non-hydrogen) atoms. The van der Waals surface area contributed by atoms with Gasteiger partial charge < -0.3 is 9.73 Å². The molecule has 4 aromatic rings.